The number of aromatic nitrogens is 3. The van der Waals surface area contributed by atoms with E-state index in [2.05, 4.69) is 77.1 Å². The van der Waals surface area contributed by atoms with Crippen LogP contribution >= 0.6 is 23.6 Å². The predicted molar refractivity (Wildman–Crippen MR) is 184 cm³/mol. The molecule has 0 N–H and O–H groups in total. The molecule has 0 radical (unpaired) electrons. The molecule has 4 heterocycles. The zero-order valence-corrected chi connectivity index (χ0v) is 30.8. The number of halogens is 2. The molecule has 9 nitrogen and oxygen atoms in total. The average Bonchev–Trinajstić information content (AvgIpc) is 2.93. The number of ether oxygens (including phenoxy) is 1. The van der Waals surface area contributed by atoms with Gasteiger partial charge in [0.1, 0.15) is 5.82 Å². The van der Waals surface area contributed by atoms with E-state index in [0.29, 0.717) is 25.3 Å². The van der Waals surface area contributed by atoms with Crippen LogP contribution in [0.5, 0.6) is 0 Å². The van der Waals surface area contributed by atoms with Crippen LogP contribution in [0.2, 0.25) is 0 Å². The van der Waals surface area contributed by atoms with Gasteiger partial charge in [-0.2, -0.15) is 15.0 Å². The number of piperidine rings is 2. The first-order valence-corrected chi connectivity index (χ1v) is 17.6. The van der Waals surface area contributed by atoms with Crippen molar-refractivity contribution in [3.05, 3.63) is 5.82 Å². The van der Waals surface area contributed by atoms with Crippen LogP contribution in [0.25, 0.3) is 0 Å². The van der Waals surface area contributed by atoms with E-state index in [1.807, 2.05) is 15.8 Å². The van der Waals surface area contributed by atoms with Crippen molar-refractivity contribution in [3.8, 4) is 0 Å². The molecule has 0 aromatic carbocycles. The lowest BCUT2D eigenvalue weighted by atomic mass is 9.79. The van der Waals surface area contributed by atoms with Crippen molar-refractivity contribution in [1.82, 2.24) is 28.7 Å². The zero-order valence-electron chi connectivity index (χ0n) is 29.3. The molecule has 0 aliphatic carbocycles. The predicted octanol–water partition coefficient (Wildman–Crippen LogP) is 6.67. The van der Waals surface area contributed by atoms with Gasteiger partial charge in [0.15, 0.2) is 0 Å². The molecule has 0 spiro atoms. The maximum Gasteiger partial charge on any atom is 0.230 e. The molecule has 0 amide bonds. The second kappa shape index (κ2) is 14.0. The molecule has 1 aromatic heterocycles. The molecule has 11 heteroatoms. The summed E-state index contributed by atoms with van der Waals surface area (Å²) in [5, 5.41) is 0. The highest BCUT2D eigenvalue weighted by Gasteiger charge is 2.47. The van der Waals surface area contributed by atoms with Crippen LogP contribution in [0, 0.1) is 6.92 Å². The Morgan fingerprint density at radius 3 is 1.70 bits per heavy atom. The van der Waals surface area contributed by atoms with Gasteiger partial charge in [-0.3, -0.25) is 0 Å². The first kappa shape index (κ1) is 35.9. The third-order valence-electron chi connectivity index (χ3n) is 10.1. The van der Waals surface area contributed by atoms with Crippen LogP contribution in [-0.2, 0) is 4.74 Å². The number of morpholine rings is 1. The molecule has 3 fully saturated rings. The molecular weight excluding hydrogens is 595 g/mol. The minimum atomic E-state index is -0.144. The van der Waals surface area contributed by atoms with E-state index in [9.17, 15) is 0 Å². The SMILES string of the molecule is Cc1nc(N2CCOCC2)nc(N(CCCCCCN(C)C2CC(C)(C)N(Cl)C(C)(C)C2)C2CC(C)(C)N(Cl)C(C)(C)C2)n1. The summed E-state index contributed by atoms with van der Waals surface area (Å²) in [5.41, 5.74) is -0.309. The van der Waals surface area contributed by atoms with Crippen molar-refractivity contribution >= 4 is 35.5 Å². The monoisotopic (exact) mass is 654 g/mol. The number of rotatable bonds is 11. The Hall–Kier alpha value is -0.970. The summed E-state index contributed by atoms with van der Waals surface area (Å²) in [6, 6.07) is 0.845. The summed E-state index contributed by atoms with van der Waals surface area (Å²) in [6.45, 7) is 25.1. The van der Waals surface area contributed by atoms with E-state index < -0.39 is 0 Å². The Bertz CT molecular complexity index is 1060. The van der Waals surface area contributed by atoms with Gasteiger partial charge in [0.05, 0.1) is 13.2 Å². The number of unbranched alkanes of at least 4 members (excludes halogenated alkanes) is 3. The van der Waals surface area contributed by atoms with Gasteiger partial charge < -0.3 is 19.4 Å². The first-order valence-electron chi connectivity index (χ1n) is 16.9. The summed E-state index contributed by atoms with van der Waals surface area (Å²) in [6.07, 6.45) is 8.80. The molecule has 4 rings (SSSR count). The second-order valence-electron chi connectivity index (χ2n) is 16.1. The van der Waals surface area contributed by atoms with E-state index in [0.717, 1.165) is 76.0 Å². The maximum atomic E-state index is 6.89. The minimum Gasteiger partial charge on any atom is -0.378 e. The Labute approximate surface area is 278 Å². The van der Waals surface area contributed by atoms with Crippen LogP contribution in [-0.4, -0.2) is 109 Å². The molecule has 3 aliphatic heterocycles. The van der Waals surface area contributed by atoms with E-state index in [1.54, 1.807) is 0 Å². The highest BCUT2D eigenvalue weighted by molar-refractivity contribution is 6.14. The smallest absolute Gasteiger partial charge is 0.230 e. The van der Waals surface area contributed by atoms with E-state index >= 15 is 0 Å². The lowest BCUT2D eigenvalue weighted by molar-refractivity contribution is 0.00233. The molecule has 3 saturated heterocycles. The summed E-state index contributed by atoms with van der Waals surface area (Å²) in [4.78, 5) is 22.0. The second-order valence-corrected chi connectivity index (χ2v) is 16.8. The van der Waals surface area contributed by atoms with Crippen molar-refractivity contribution in [3.63, 3.8) is 0 Å². The van der Waals surface area contributed by atoms with Crippen LogP contribution < -0.4 is 9.80 Å². The van der Waals surface area contributed by atoms with Gasteiger partial charge in [-0.05, 0) is 138 Å². The molecular formula is C33H60Cl2N8O. The number of aryl methyl sites for hydroxylation is 1. The van der Waals surface area contributed by atoms with Gasteiger partial charge in [-0.25, -0.2) is 8.84 Å². The van der Waals surface area contributed by atoms with E-state index in [-0.39, 0.29) is 22.2 Å². The molecule has 0 bridgehead atoms. The summed E-state index contributed by atoms with van der Waals surface area (Å²) >= 11 is 13.6. The van der Waals surface area contributed by atoms with Gasteiger partial charge >= 0.3 is 0 Å². The molecule has 44 heavy (non-hydrogen) atoms. The Morgan fingerprint density at radius 2 is 1.18 bits per heavy atom. The number of hydrogen-bond donors (Lipinski definition) is 0. The number of nitrogens with zero attached hydrogens (tertiary/aromatic N) is 8. The molecule has 0 saturated carbocycles. The van der Waals surface area contributed by atoms with Crippen LogP contribution in [0.3, 0.4) is 0 Å². The topological polar surface area (TPSA) is 64.1 Å². The first-order chi connectivity index (χ1) is 20.4. The van der Waals surface area contributed by atoms with Gasteiger partial charge in [0.2, 0.25) is 11.9 Å². The normalized spacial score (nSPS) is 24.6. The lowest BCUT2D eigenvalue weighted by Gasteiger charge is -2.53. The van der Waals surface area contributed by atoms with Crippen molar-refractivity contribution in [2.75, 3.05) is 56.2 Å². The van der Waals surface area contributed by atoms with E-state index in [4.69, 9.17) is 43.2 Å². The lowest BCUT2D eigenvalue weighted by Crippen LogP contribution is -2.61. The Balaban J connectivity index is 1.40. The van der Waals surface area contributed by atoms with Crippen molar-refractivity contribution in [2.24, 2.45) is 0 Å². The van der Waals surface area contributed by atoms with Crippen molar-refractivity contribution < 1.29 is 4.74 Å². The molecule has 0 atom stereocenters. The highest BCUT2D eigenvalue weighted by Crippen LogP contribution is 2.43. The maximum absolute atomic E-state index is 6.89. The fourth-order valence-corrected chi connectivity index (χ4v) is 8.33. The summed E-state index contributed by atoms with van der Waals surface area (Å²) < 4.78 is 9.67. The standard InChI is InChI=1S/C33H60Cl2N8O/c1-25-36-28(40-17-19-44-20-18-40)38-29(37-25)41(27-23-32(6,7)43(35)33(8,9)24-27)16-14-12-11-13-15-39(10)26-21-30(2,3)42(34)31(4,5)22-26/h26-27H,11-24H2,1-10H3. The number of anilines is 2. The fourth-order valence-electron chi connectivity index (χ4n) is 8.05. The third kappa shape index (κ3) is 8.48. The molecule has 1 aromatic rings. The molecule has 3 aliphatic rings. The Kier molecular flexibility index (Phi) is 11.4. The van der Waals surface area contributed by atoms with Gasteiger partial charge in [-0.1, -0.05) is 12.8 Å². The third-order valence-corrected chi connectivity index (χ3v) is 11.9. The van der Waals surface area contributed by atoms with Gasteiger partial charge in [0.25, 0.3) is 0 Å². The zero-order chi connectivity index (χ0) is 32.5. The summed E-state index contributed by atoms with van der Waals surface area (Å²) in [5.74, 6) is 2.34. The van der Waals surface area contributed by atoms with Gasteiger partial charge in [-0.15, -0.1) is 0 Å². The minimum absolute atomic E-state index is 0.0105. The average molecular weight is 656 g/mol. The Morgan fingerprint density at radius 1 is 0.705 bits per heavy atom. The quantitative estimate of drug-likeness (QED) is 0.192. The largest absolute Gasteiger partial charge is 0.378 e. The van der Waals surface area contributed by atoms with Crippen LogP contribution in [0.4, 0.5) is 11.9 Å². The summed E-state index contributed by atoms with van der Waals surface area (Å²) in [7, 11) is 2.30. The van der Waals surface area contributed by atoms with Crippen LogP contribution in [0.1, 0.15) is 113 Å². The number of hydrogen-bond acceptors (Lipinski definition) is 9. The molecule has 252 valence electrons. The van der Waals surface area contributed by atoms with Crippen molar-refractivity contribution in [2.45, 2.75) is 148 Å². The van der Waals surface area contributed by atoms with Crippen LogP contribution in [0.15, 0.2) is 0 Å². The fraction of sp³-hybridized carbons (Fsp3) is 0.909. The van der Waals surface area contributed by atoms with E-state index in [1.165, 1.54) is 19.3 Å². The van der Waals surface area contributed by atoms with Crippen molar-refractivity contribution in [1.29, 1.82) is 0 Å². The highest BCUT2D eigenvalue weighted by atomic mass is 35.5. The van der Waals surface area contributed by atoms with Gasteiger partial charge in [0, 0.05) is 53.9 Å². The molecule has 0 unspecified atom stereocenters.